The molecule has 3 atom stereocenters. The second kappa shape index (κ2) is 10.1. The number of benzene rings is 2. The lowest BCUT2D eigenvalue weighted by atomic mass is 9.89. The number of anilines is 1. The summed E-state index contributed by atoms with van der Waals surface area (Å²) in [5.41, 5.74) is 2.29. The van der Waals surface area contributed by atoms with Gasteiger partial charge >= 0.3 is 6.09 Å². The Morgan fingerprint density at radius 1 is 1.00 bits per heavy atom. The third-order valence-electron chi connectivity index (χ3n) is 6.81. The topological polar surface area (TPSA) is 87.7 Å². The Kier molecular flexibility index (Phi) is 6.93. The van der Waals surface area contributed by atoms with Crippen LogP contribution in [0, 0.1) is 0 Å². The van der Waals surface area contributed by atoms with Gasteiger partial charge in [-0.3, -0.25) is 14.5 Å². The molecular formula is C26H28ClN3O4S. The number of thioether (sulfide) groups is 1. The van der Waals surface area contributed by atoms with Crippen LogP contribution in [0.4, 0.5) is 10.5 Å². The number of nitrogens with zero attached hydrogens (tertiary/aromatic N) is 1. The highest BCUT2D eigenvalue weighted by atomic mass is 35.5. The van der Waals surface area contributed by atoms with E-state index >= 15 is 0 Å². The number of hydrogen-bond acceptors (Lipinski definition) is 5. The summed E-state index contributed by atoms with van der Waals surface area (Å²) in [6.45, 7) is 1.03. The summed E-state index contributed by atoms with van der Waals surface area (Å²) in [5.74, 6) is -0.406. The second-order valence-corrected chi connectivity index (χ2v) is 11.4. The molecule has 2 fully saturated rings. The largest absolute Gasteiger partial charge is 0.449 e. The molecule has 7 nitrogen and oxygen atoms in total. The van der Waals surface area contributed by atoms with Crippen LogP contribution in [0.25, 0.3) is 0 Å². The van der Waals surface area contributed by atoms with Crippen molar-refractivity contribution in [2.45, 2.75) is 59.7 Å². The Hall–Kier alpha value is -2.71. The summed E-state index contributed by atoms with van der Waals surface area (Å²) < 4.78 is 4.02. The molecule has 3 unspecified atom stereocenters. The van der Waals surface area contributed by atoms with E-state index in [0.717, 1.165) is 42.6 Å². The highest BCUT2D eigenvalue weighted by molar-refractivity contribution is 8.03. The highest BCUT2D eigenvalue weighted by Gasteiger charge is 2.44. The minimum absolute atomic E-state index is 0.175. The van der Waals surface area contributed by atoms with Gasteiger partial charge in [-0.15, -0.1) is 0 Å². The average molecular weight is 514 g/mol. The van der Waals surface area contributed by atoms with E-state index in [9.17, 15) is 14.4 Å². The molecule has 2 aliphatic heterocycles. The zero-order valence-electron chi connectivity index (χ0n) is 19.3. The van der Waals surface area contributed by atoms with Crippen LogP contribution in [0.5, 0.6) is 0 Å². The molecule has 0 spiro atoms. The summed E-state index contributed by atoms with van der Waals surface area (Å²) in [4.78, 5) is 40.8. The van der Waals surface area contributed by atoms with Crippen LogP contribution in [0.15, 0.2) is 53.4 Å². The number of ether oxygens (including phenoxy) is 1. The fourth-order valence-corrected chi connectivity index (χ4v) is 6.51. The molecule has 0 aromatic heterocycles. The van der Waals surface area contributed by atoms with Crippen LogP contribution in [0.3, 0.4) is 0 Å². The molecule has 3 aliphatic rings. The van der Waals surface area contributed by atoms with Crippen LogP contribution >= 0.6 is 23.4 Å². The summed E-state index contributed by atoms with van der Waals surface area (Å²) in [7, 11) is 0. The van der Waals surface area contributed by atoms with Crippen molar-refractivity contribution in [3.8, 4) is 0 Å². The lowest BCUT2D eigenvalue weighted by molar-refractivity contribution is -0.122. The molecule has 35 heavy (non-hydrogen) atoms. The Morgan fingerprint density at radius 2 is 1.71 bits per heavy atom. The van der Waals surface area contributed by atoms with Crippen LogP contribution in [-0.4, -0.2) is 47.3 Å². The van der Waals surface area contributed by atoms with Crippen molar-refractivity contribution in [1.82, 2.24) is 10.6 Å². The lowest BCUT2D eigenvalue weighted by Crippen LogP contribution is -2.56. The van der Waals surface area contributed by atoms with Gasteiger partial charge in [-0.1, -0.05) is 54.4 Å². The number of fused-ring (bicyclic) bond motifs is 1. The molecule has 5 rings (SSSR count). The molecule has 1 saturated heterocycles. The summed E-state index contributed by atoms with van der Waals surface area (Å²) >= 11 is 8.16. The predicted molar refractivity (Wildman–Crippen MR) is 136 cm³/mol. The smallest absolute Gasteiger partial charge is 0.414 e. The van der Waals surface area contributed by atoms with Crippen molar-refractivity contribution in [2.24, 2.45) is 0 Å². The first kappa shape index (κ1) is 24.0. The number of hydrogen-bond donors (Lipinski definition) is 2. The zero-order chi connectivity index (χ0) is 24.4. The van der Waals surface area contributed by atoms with Crippen molar-refractivity contribution in [2.75, 3.05) is 18.1 Å². The van der Waals surface area contributed by atoms with Crippen molar-refractivity contribution >= 4 is 47.0 Å². The molecule has 2 aromatic rings. The van der Waals surface area contributed by atoms with E-state index in [2.05, 4.69) is 10.6 Å². The molecule has 2 heterocycles. The number of rotatable bonds is 5. The number of halogens is 1. The van der Waals surface area contributed by atoms with Gasteiger partial charge in [-0.25, -0.2) is 4.79 Å². The van der Waals surface area contributed by atoms with Crippen molar-refractivity contribution in [3.05, 3.63) is 59.7 Å². The molecule has 3 amide bonds. The maximum atomic E-state index is 13.2. The van der Waals surface area contributed by atoms with E-state index in [1.165, 1.54) is 11.8 Å². The Balaban J connectivity index is 1.22. The number of amides is 3. The maximum Gasteiger partial charge on any atom is 0.414 e. The first-order valence-electron chi connectivity index (χ1n) is 12.0. The van der Waals surface area contributed by atoms with Crippen molar-refractivity contribution in [3.63, 3.8) is 0 Å². The first-order chi connectivity index (χ1) is 16.9. The predicted octanol–water partition coefficient (Wildman–Crippen LogP) is 4.47. The molecule has 0 radical (unpaired) electrons. The number of carbonyl (C=O) groups is 3. The molecule has 1 saturated carbocycles. The number of cyclic esters (lactones) is 1. The van der Waals surface area contributed by atoms with E-state index in [-0.39, 0.29) is 30.0 Å². The molecule has 2 N–H and O–H groups in total. The lowest BCUT2D eigenvalue weighted by Gasteiger charge is -2.34. The van der Waals surface area contributed by atoms with E-state index < -0.39 is 4.21 Å². The van der Waals surface area contributed by atoms with E-state index in [0.29, 0.717) is 30.8 Å². The standard InChI is InChI=1S/C26H28ClN3O4S/c27-26(16-18-6-1-4-9-22(18)35-26)24(32)29-21-8-3-2-7-20(21)28-23(31)17-10-12-19(13-11-17)30-14-5-15-34-25(30)33/h1,4,6,9-13,20-21H,2-3,5,7-8,14-16H2,(H,28,31)(H,29,32). The third-order valence-corrected chi connectivity index (χ3v) is 8.62. The maximum absolute atomic E-state index is 13.2. The fourth-order valence-electron chi connectivity index (χ4n) is 4.91. The first-order valence-corrected chi connectivity index (χ1v) is 13.2. The molecular weight excluding hydrogens is 486 g/mol. The van der Waals surface area contributed by atoms with E-state index in [1.54, 1.807) is 29.2 Å². The summed E-state index contributed by atoms with van der Waals surface area (Å²) in [6.07, 6.45) is 4.43. The van der Waals surface area contributed by atoms with Crippen molar-refractivity contribution < 1.29 is 19.1 Å². The van der Waals surface area contributed by atoms with Gasteiger partial charge in [0.1, 0.15) is 0 Å². The Labute approximate surface area is 213 Å². The molecule has 2 aromatic carbocycles. The molecule has 1 aliphatic carbocycles. The molecule has 184 valence electrons. The van der Waals surface area contributed by atoms with Gasteiger partial charge in [-0.05, 0) is 55.2 Å². The Bertz CT molecular complexity index is 1100. The zero-order valence-corrected chi connectivity index (χ0v) is 20.9. The number of nitrogens with one attached hydrogen (secondary N) is 2. The highest BCUT2D eigenvalue weighted by Crippen LogP contribution is 2.48. The van der Waals surface area contributed by atoms with Gasteiger partial charge in [0.15, 0.2) is 4.21 Å². The van der Waals surface area contributed by atoms with Gasteiger partial charge in [-0.2, -0.15) is 0 Å². The van der Waals surface area contributed by atoms with E-state index in [1.807, 2.05) is 24.3 Å². The minimum atomic E-state index is -1.07. The Morgan fingerprint density at radius 3 is 2.43 bits per heavy atom. The van der Waals surface area contributed by atoms with Gasteiger partial charge in [0.25, 0.3) is 11.8 Å². The summed E-state index contributed by atoms with van der Waals surface area (Å²) in [5, 5.41) is 6.25. The van der Waals surface area contributed by atoms with Gasteiger partial charge in [0.05, 0.1) is 6.61 Å². The summed E-state index contributed by atoms with van der Waals surface area (Å²) in [6, 6.07) is 14.5. The van der Waals surface area contributed by atoms with Crippen LogP contribution in [-0.2, 0) is 16.0 Å². The van der Waals surface area contributed by atoms with Crippen LogP contribution in [0.1, 0.15) is 48.0 Å². The molecule has 0 bridgehead atoms. The van der Waals surface area contributed by atoms with Crippen LogP contribution in [0.2, 0.25) is 0 Å². The third kappa shape index (κ3) is 5.14. The van der Waals surface area contributed by atoms with Gasteiger partial charge < -0.3 is 15.4 Å². The normalized spacial score (nSPS) is 26.0. The monoisotopic (exact) mass is 513 g/mol. The minimum Gasteiger partial charge on any atom is -0.449 e. The number of carbonyl (C=O) groups excluding carboxylic acids is 3. The number of alkyl halides is 1. The average Bonchev–Trinajstić information content (AvgIpc) is 3.23. The fraction of sp³-hybridized carbons (Fsp3) is 0.423. The van der Waals surface area contributed by atoms with Gasteiger partial charge in [0.2, 0.25) is 0 Å². The van der Waals surface area contributed by atoms with Crippen molar-refractivity contribution in [1.29, 1.82) is 0 Å². The van der Waals surface area contributed by atoms with E-state index in [4.69, 9.17) is 16.3 Å². The van der Waals surface area contributed by atoms with Crippen LogP contribution < -0.4 is 15.5 Å². The second-order valence-electron chi connectivity index (χ2n) is 9.23. The quantitative estimate of drug-likeness (QED) is 0.576. The SMILES string of the molecule is O=C(NC1CCCCC1NC(=O)C1(Cl)Cc2ccccc2S1)c1ccc(N2CCCOC2=O)cc1. The molecule has 9 heteroatoms. The van der Waals surface area contributed by atoms with Gasteiger partial charge in [0, 0.05) is 41.2 Å².